The van der Waals surface area contributed by atoms with Crippen molar-refractivity contribution in [2.24, 2.45) is 0 Å². The fourth-order valence-electron chi connectivity index (χ4n) is 2.54. The average molecular weight is 350 g/mol. The number of carbonyl (C=O) groups is 2. The Kier molecular flexibility index (Phi) is 4.95. The molecule has 0 aliphatic rings. The first-order valence-electron chi connectivity index (χ1n) is 8.06. The molecule has 0 saturated carbocycles. The van der Waals surface area contributed by atoms with E-state index in [2.05, 4.69) is 5.32 Å². The number of hydrogen-bond acceptors (Lipinski definition) is 5. The van der Waals surface area contributed by atoms with Crippen molar-refractivity contribution in [2.45, 2.75) is 0 Å². The van der Waals surface area contributed by atoms with Gasteiger partial charge in [-0.25, -0.2) is 4.79 Å². The fraction of sp³-hybridized carbons (Fsp3) is 0.150. The van der Waals surface area contributed by atoms with Crippen molar-refractivity contribution < 1.29 is 14.0 Å². The Hall–Kier alpha value is -3.25. The molecule has 0 aliphatic heterocycles. The highest BCUT2D eigenvalue weighted by Crippen LogP contribution is 2.15. The number of ketones is 1. The van der Waals surface area contributed by atoms with Crippen LogP contribution in [-0.2, 0) is 0 Å². The van der Waals surface area contributed by atoms with Gasteiger partial charge >= 0.3 is 5.63 Å². The van der Waals surface area contributed by atoms with Crippen LogP contribution >= 0.6 is 0 Å². The molecule has 6 nitrogen and oxygen atoms in total. The number of nitrogens with zero attached hydrogens (tertiary/aromatic N) is 1. The number of amides is 1. The number of para-hydroxylation sites is 1. The molecule has 3 rings (SSSR count). The van der Waals surface area contributed by atoms with Crippen LogP contribution in [0.25, 0.3) is 11.0 Å². The van der Waals surface area contributed by atoms with Crippen molar-refractivity contribution in [2.75, 3.05) is 26.0 Å². The van der Waals surface area contributed by atoms with Gasteiger partial charge in [-0.3, -0.25) is 9.59 Å². The number of likely N-dealkylation sites (N-methyl/N-ethyl adjacent to an activating group) is 1. The topological polar surface area (TPSA) is 79.6 Å². The Morgan fingerprint density at radius 3 is 2.42 bits per heavy atom. The summed E-state index contributed by atoms with van der Waals surface area (Å²) in [6.45, 7) is 0.309. The van der Waals surface area contributed by atoms with Crippen molar-refractivity contribution >= 4 is 28.3 Å². The molecule has 3 aromatic rings. The van der Waals surface area contributed by atoms with Crippen LogP contribution in [0, 0.1) is 0 Å². The third kappa shape index (κ3) is 3.87. The normalized spacial score (nSPS) is 10.9. The lowest BCUT2D eigenvalue weighted by Gasteiger charge is -2.09. The van der Waals surface area contributed by atoms with E-state index >= 15 is 0 Å². The highest BCUT2D eigenvalue weighted by molar-refractivity contribution is 6.05. The van der Waals surface area contributed by atoms with E-state index in [9.17, 15) is 14.4 Å². The lowest BCUT2D eigenvalue weighted by Crippen LogP contribution is -2.22. The predicted molar refractivity (Wildman–Crippen MR) is 99.8 cm³/mol. The number of benzene rings is 2. The van der Waals surface area contributed by atoms with E-state index in [0.29, 0.717) is 28.8 Å². The van der Waals surface area contributed by atoms with Gasteiger partial charge in [-0.1, -0.05) is 18.2 Å². The largest absolute Gasteiger partial charge is 0.422 e. The van der Waals surface area contributed by atoms with Crippen LogP contribution < -0.4 is 10.9 Å². The average Bonchev–Trinajstić information content (AvgIpc) is 2.61. The van der Waals surface area contributed by atoms with Crippen molar-refractivity contribution in [3.63, 3.8) is 0 Å². The van der Waals surface area contributed by atoms with E-state index in [4.69, 9.17) is 4.42 Å². The second-order valence-corrected chi connectivity index (χ2v) is 6.18. The Morgan fingerprint density at radius 2 is 1.73 bits per heavy atom. The van der Waals surface area contributed by atoms with Gasteiger partial charge in [0.2, 0.25) is 0 Å². The van der Waals surface area contributed by atoms with Gasteiger partial charge in [0.05, 0.1) is 6.54 Å². The third-order valence-corrected chi connectivity index (χ3v) is 3.81. The fourth-order valence-corrected chi connectivity index (χ4v) is 2.54. The van der Waals surface area contributed by atoms with Crippen LogP contribution in [0.5, 0.6) is 0 Å². The van der Waals surface area contributed by atoms with Crippen molar-refractivity contribution in [1.29, 1.82) is 0 Å². The molecule has 0 aliphatic carbocycles. The molecular weight excluding hydrogens is 332 g/mol. The van der Waals surface area contributed by atoms with E-state index in [1.807, 2.05) is 14.1 Å². The number of Topliss-reactive ketones (excluding diaryl/α,β-unsaturated/α-hetero) is 1. The summed E-state index contributed by atoms with van der Waals surface area (Å²) in [4.78, 5) is 38.2. The second kappa shape index (κ2) is 7.33. The van der Waals surface area contributed by atoms with E-state index in [0.717, 1.165) is 0 Å². The van der Waals surface area contributed by atoms with E-state index < -0.39 is 11.5 Å². The Balaban J connectivity index is 1.79. The zero-order valence-corrected chi connectivity index (χ0v) is 14.5. The molecule has 6 heteroatoms. The lowest BCUT2D eigenvalue weighted by molar-refractivity contribution is 0.0957. The Labute approximate surface area is 150 Å². The summed E-state index contributed by atoms with van der Waals surface area (Å²) >= 11 is 0. The SMILES string of the molecule is CN(C)CC(=O)c1ccc(NC(=O)c2cc3ccccc3oc2=O)cc1. The van der Waals surface area contributed by atoms with E-state index in [-0.39, 0.29) is 11.3 Å². The summed E-state index contributed by atoms with van der Waals surface area (Å²) in [5.41, 5.74) is 0.708. The van der Waals surface area contributed by atoms with E-state index in [1.165, 1.54) is 6.07 Å². The molecule has 0 radical (unpaired) electrons. The lowest BCUT2D eigenvalue weighted by atomic mass is 10.1. The molecule has 1 amide bonds. The molecule has 0 atom stereocenters. The number of hydrogen-bond donors (Lipinski definition) is 1. The zero-order chi connectivity index (χ0) is 18.7. The van der Waals surface area contributed by atoms with Gasteiger partial charge in [0, 0.05) is 16.6 Å². The molecule has 132 valence electrons. The van der Waals surface area contributed by atoms with Crippen molar-refractivity contribution in [3.8, 4) is 0 Å². The molecule has 1 N–H and O–H groups in total. The molecule has 0 saturated heterocycles. The van der Waals surface area contributed by atoms with Gasteiger partial charge in [0.25, 0.3) is 5.91 Å². The van der Waals surface area contributed by atoms with Gasteiger partial charge in [-0.05, 0) is 50.5 Å². The molecule has 0 fully saturated rings. The summed E-state index contributed by atoms with van der Waals surface area (Å²) in [5.74, 6) is -0.570. The maximum Gasteiger partial charge on any atom is 0.349 e. The van der Waals surface area contributed by atoms with Crippen molar-refractivity contribution in [3.05, 3.63) is 76.1 Å². The van der Waals surface area contributed by atoms with Gasteiger partial charge in [-0.2, -0.15) is 0 Å². The molecule has 0 unspecified atom stereocenters. The Bertz CT molecular complexity index is 1020. The monoisotopic (exact) mass is 350 g/mol. The molecule has 1 heterocycles. The van der Waals surface area contributed by atoms with Crippen LogP contribution in [0.15, 0.2) is 63.8 Å². The van der Waals surface area contributed by atoms with Crippen LogP contribution in [0.1, 0.15) is 20.7 Å². The second-order valence-electron chi connectivity index (χ2n) is 6.18. The molecule has 0 bridgehead atoms. The van der Waals surface area contributed by atoms with Crippen LogP contribution in [0.2, 0.25) is 0 Å². The molecule has 0 spiro atoms. The summed E-state index contributed by atoms with van der Waals surface area (Å²) in [7, 11) is 3.64. The maximum atomic E-state index is 12.4. The van der Waals surface area contributed by atoms with Gasteiger partial charge < -0.3 is 14.6 Å². The zero-order valence-electron chi connectivity index (χ0n) is 14.5. The van der Waals surface area contributed by atoms with Crippen LogP contribution in [0.4, 0.5) is 5.69 Å². The molecule has 1 aromatic heterocycles. The predicted octanol–water partition coefficient (Wildman–Crippen LogP) is 2.79. The van der Waals surface area contributed by atoms with E-state index in [1.54, 1.807) is 53.4 Å². The summed E-state index contributed by atoms with van der Waals surface area (Å²) < 4.78 is 5.17. The van der Waals surface area contributed by atoms with Gasteiger partial charge in [0.15, 0.2) is 5.78 Å². The summed E-state index contributed by atoms with van der Waals surface area (Å²) in [6.07, 6.45) is 0. The van der Waals surface area contributed by atoms with Gasteiger partial charge in [-0.15, -0.1) is 0 Å². The number of anilines is 1. The van der Waals surface area contributed by atoms with Crippen molar-refractivity contribution in [1.82, 2.24) is 4.90 Å². The number of carbonyl (C=O) groups excluding carboxylic acids is 2. The minimum Gasteiger partial charge on any atom is -0.422 e. The number of fused-ring (bicyclic) bond motifs is 1. The minimum atomic E-state index is -0.695. The highest BCUT2D eigenvalue weighted by Gasteiger charge is 2.14. The van der Waals surface area contributed by atoms with Crippen LogP contribution in [0.3, 0.4) is 0 Å². The molecule has 26 heavy (non-hydrogen) atoms. The highest BCUT2D eigenvalue weighted by atomic mass is 16.4. The standard InChI is InChI=1S/C20H18N2O4/c1-22(2)12-17(23)13-7-9-15(10-8-13)21-19(24)16-11-14-5-3-4-6-18(14)26-20(16)25/h3-11H,12H2,1-2H3,(H,21,24). The summed E-state index contributed by atoms with van der Waals surface area (Å²) in [5, 5.41) is 3.32. The molecule has 2 aromatic carbocycles. The number of nitrogens with one attached hydrogen (secondary N) is 1. The smallest absolute Gasteiger partial charge is 0.349 e. The minimum absolute atomic E-state index is 0.0111. The first kappa shape index (κ1) is 17.6. The quantitative estimate of drug-likeness (QED) is 0.565. The number of rotatable bonds is 5. The van der Waals surface area contributed by atoms with Crippen LogP contribution in [-0.4, -0.2) is 37.2 Å². The maximum absolute atomic E-state index is 12.4. The first-order chi connectivity index (χ1) is 12.4. The first-order valence-corrected chi connectivity index (χ1v) is 8.06. The molecular formula is C20H18N2O4. The summed E-state index contributed by atoms with van der Waals surface area (Å²) in [6, 6.07) is 15.0. The Morgan fingerprint density at radius 1 is 1.04 bits per heavy atom. The third-order valence-electron chi connectivity index (χ3n) is 3.81. The van der Waals surface area contributed by atoms with Gasteiger partial charge in [0.1, 0.15) is 11.1 Å².